The van der Waals surface area contributed by atoms with Crippen LogP contribution in [-0.2, 0) is 10.0 Å². The molecule has 0 fully saturated rings. The number of rotatable bonds is 6. The van der Waals surface area contributed by atoms with E-state index in [2.05, 4.69) is 4.72 Å². The van der Waals surface area contributed by atoms with Gasteiger partial charge in [-0.2, -0.15) is 0 Å². The molecule has 23 heavy (non-hydrogen) atoms. The van der Waals surface area contributed by atoms with Crippen LogP contribution in [0.4, 0.5) is 11.4 Å². The van der Waals surface area contributed by atoms with Gasteiger partial charge in [0.05, 0.1) is 21.3 Å². The van der Waals surface area contributed by atoms with Crippen molar-refractivity contribution in [2.45, 2.75) is 25.7 Å². The highest BCUT2D eigenvalue weighted by atomic mass is 35.5. The zero-order valence-electron chi connectivity index (χ0n) is 13.5. The van der Waals surface area contributed by atoms with Crippen LogP contribution in [0.5, 0.6) is 0 Å². The fraction of sp³-hybridized carbons (Fsp3) is 0.294. The fourth-order valence-electron chi connectivity index (χ4n) is 2.38. The third-order valence-corrected chi connectivity index (χ3v) is 5.33. The van der Waals surface area contributed by atoms with E-state index in [1.165, 1.54) is 0 Å². The van der Waals surface area contributed by atoms with Crippen molar-refractivity contribution in [3.05, 3.63) is 53.1 Å². The molecular formula is C17H21ClN2O2S. The third-order valence-electron chi connectivity index (χ3n) is 3.64. The molecule has 2 aromatic rings. The predicted octanol–water partition coefficient (Wildman–Crippen LogP) is 4.30. The van der Waals surface area contributed by atoms with Crippen LogP contribution in [0.1, 0.15) is 19.4 Å². The van der Waals surface area contributed by atoms with E-state index in [1.807, 2.05) is 25.7 Å². The molecule has 0 heterocycles. The number of nitrogens with zero attached hydrogens (tertiary/aromatic N) is 1. The third kappa shape index (κ3) is 3.98. The second-order valence-corrected chi connectivity index (χ2v) is 7.32. The van der Waals surface area contributed by atoms with E-state index in [-0.39, 0.29) is 4.90 Å². The zero-order valence-corrected chi connectivity index (χ0v) is 15.1. The maximum Gasteiger partial charge on any atom is 0.261 e. The Morgan fingerprint density at radius 3 is 2.22 bits per heavy atom. The molecule has 4 nitrogen and oxygen atoms in total. The molecule has 0 atom stereocenters. The number of sulfonamides is 1. The summed E-state index contributed by atoms with van der Waals surface area (Å²) >= 11 is 6.30. The first-order chi connectivity index (χ1) is 10.9. The van der Waals surface area contributed by atoms with Crippen LogP contribution in [0.25, 0.3) is 0 Å². The number of hydrogen-bond donors (Lipinski definition) is 1. The largest absolute Gasteiger partial charge is 0.369 e. The molecule has 0 spiro atoms. The van der Waals surface area contributed by atoms with Crippen molar-refractivity contribution in [1.29, 1.82) is 0 Å². The number of para-hydroxylation sites is 1. The van der Waals surface area contributed by atoms with Crippen molar-refractivity contribution in [2.75, 3.05) is 22.7 Å². The summed E-state index contributed by atoms with van der Waals surface area (Å²) < 4.78 is 27.9. The second kappa shape index (κ2) is 7.23. The number of anilines is 2. The maximum atomic E-state index is 12.6. The van der Waals surface area contributed by atoms with Crippen molar-refractivity contribution >= 4 is 33.0 Å². The Bertz CT molecular complexity index is 770. The van der Waals surface area contributed by atoms with Gasteiger partial charge in [-0.05, 0) is 45.0 Å². The first-order valence-corrected chi connectivity index (χ1v) is 9.38. The van der Waals surface area contributed by atoms with Crippen molar-refractivity contribution in [3.63, 3.8) is 0 Å². The zero-order chi connectivity index (χ0) is 17.0. The molecule has 0 amide bonds. The minimum Gasteiger partial charge on any atom is -0.369 e. The summed E-state index contributed by atoms with van der Waals surface area (Å²) in [5.74, 6) is 0. The average molecular weight is 353 g/mol. The first kappa shape index (κ1) is 17.6. The number of aryl methyl sites for hydroxylation is 1. The smallest absolute Gasteiger partial charge is 0.261 e. The van der Waals surface area contributed by atoms with Crippen molar-refractivity contribution in [2.24, 2.45) is 0 Å². The molecular weight excluding hydrogens is 332 g/mol. The summed E-state index contributed by atoms with van der Waals surface area (Å²) in [6, 6.07) is 12.0. The predicted molar refractivity (Wildman–Crippen MR) is 97.0 cm³/mol. The summed E-state index contributed by atoms with van der Waals surface area (Å²) in [4.78, 5) is 2.25. The van der Waals surface area contributed by atoms with E-state index in [9.17, 15) is 8.42 Å². The number of hydrogen-bond acceptors (Lipinski definition) is 3. The quantitative estimate of drug-likeness (QED) is 0.843. The Morgan fingerprint density at radius 1 is 1.04 bits per heavy atom. The molecule has 0 aliphatic rings. The van der Waals surface area contributed by atoms with Crippen LogP contribution in [0.2, 0.25) is 5.02 Å². The standard InChI is InChI=1S/C17H21ClN2O2S/c1-4-20(5-2)17-15(18)7-6-8-16(17)19-23(21,22)14-11-9-13(3)10-12-14/h6-12,19H,4-5H2,1-3H3. The van der Waals surface area contributed by atoms with Crippen molar-refractivity contribution in [1.82, 2.24) is 0 Å². The number of benzene rings is 2. The van der Waals surface area contributed by atoms with Gasteiger partial charge in [0.1, 0.15) is 0 Å². The van der Waals surface area contributed by atoms with Crippen LogP contribution in [0.3, 0.4) is 0 Å². The van der Waals surface area contributed by atoms with Gasteiger partial charge in [0.2, 0.25) is 0 Å². The van der Waals surface area contributed by atoms with E-state index >= 15 is 0 Å². The summed E-state index contributed by atoms with van der Waals surface area (Å²) in [5.41, 5.74) is 2.20. The monoisotopic (exact) mass is 352 g/mol. The van der Waals surface area contributed by atoms with Gasteiger partial charge in [-0.1, -0.05) is 35.4 Å². The summed E-state index contributed by atoms with van der Waals surface area (Å²) in [7, 11) is -3.65. The van der Waals surface area contributed by atoms with Gasteiger partial charge in [-0.3, -0.25) is 4.72 Å². The molecule has 0 aromatic heterocycles. The second-order valence-electron chi connectivity index (χ2n) is 5.23. The van der Waals surface area contributed by atoms with Crippen molar-refractivity contribution < 1.29 is 8.42 Å². The van der Waals surface area contributed by atoms with E-state index in [0.717, 1.165) is 18.7 Å². The molecule has 0 radical (unpaired) electrons. The van der Waals surface area contributed by atoms with Crippen LogP contribution < -0.4 is 9.62 Å². The lowest BCUT2D eigenvalue weighted by molar-refractivity contribution is 0.601. The maximum absolute atomic E-state index is 12.6. The fourth-order valence-corrected chi connectivity index (χ4v) is 3.74. The molecule has 0 unspecified atom stereocenters. The summed E-state index contributed by atoms with van der Waals surface area (Å²) in [5, 5.41) is 0.526. The SMILES string of the molecule is CCN(CC)c1c(Cl)cccc1NS(=O)(=O)c1ccc(C)cc1. The van der Waals surface area contributed by atoms with Gasteiger partial charge >= 0.3 is 0 Å². The minimum absolute atomic E-state index is 0.230. The normalized spacial score (nSPS) is 11.3. The van der Waals surface area contributed by atoms with Crippen LogP contribution in [-0.4, -0.2) is 21.5 Å². The molecule has 1 N–H and O–H groups in total. The van der Waals surface area contributed by atoms with Gasteiger partial charge in [0.25, 0.3) is 10.0 Å². The highest BCUT2D eigenvalue weighted by Gasteiger charge is 2.19. The lowest BCUT2D eigenvalue weighted by Crippen LogP contribution is -2.24. The average Bonchev–Trinajstić information content (AvgIpc) is 2.51. The molecule has 2 rings (SSSR count). The molecule has 124 valence electrons. The topological polar surface area (TPSA) is 49.4 Å². The summed E-state index contributed by atoms with van der Waals surface area (Å²) in [6.07, 6.45) is 0. The Hall–Kier alpha value is -1.72. The Labute approximate surface area is 143 Å². The Morgan fingerprint density at radius 2 is 1.65 bits per heavy atom. The molecule has 0 saturated carbocycles. The minimum atomic E-state index is -3.65. The lowest BCUT2D eigenvalue weighted by atomic mass is 10.2. The highest BCUT2D eigenvalue weighted by Crippen LogP contribution is 2.35. The molecule has 0 aliphatic carbocycles. The summed E-state index contributed by atoms with van der Waals surface area (Å²) in [6.45, 7) is 7.40. The lowest BCUT2D eigenvalue weighted by Gasteiger charge is -2.25. The Balaban J connectivity index is 2.43. The van der Waals surface area contributed by atoms with Crippen LogP contribution >= 0.6 is 11.6 Å². The van der Waals surface area contributed by atoms with Crippen molar-refractivity contribution in [3.8, 4) is 0 Å². The number of nitrogens with one attached hydrogen (secondary N) is 1. The van der Waals surface area contributed by atoms with E-state index < -0.39 is 10.0 Å². The van der Waals surface area contributed by atoms with E-state index in [1.54, 1.807) is 42.5 Å². The molecule has 0 saturated heterocycles. The van der Waals surface area contributed by atoms with Gasteiger partial charge in [0.15, 0.2) is 0 Å². The van der Waals surface area contributed by atoms with Crippen LogP contribution in [0.15, 0.2) is 47.4 Å². The van der Waals surface area contributed by atoms with Gasteiger partial charge < -0.3 is 4.90 Å². The van der Waals surface area contributed by atoms with Crippen LogP contribution in [0, 0.1) is 6.92 Å². The van der Waals surface area contributed by atoms with Gasteiger partial charge in [-0.15, -0.1) is 0 Å². The Kier molecular flexibility index (Phi) is 5.55. The molecule has 2 aromatic carbocycles. The highest BCUT2D eigenvalue weighted by molar-refractivity contribution is 7.92. The first-order valence-electron chi connectivity index (χ1n) is 7.52. The molecule has 0 bridgehead atoms. The number of halogens is 1. The van der Waals surface area contributed by atoms with Gasteiger partial charge in [0, 0.05) is 13.1 Å². The molecule has 6 heteroatoms. The van der Waals surface area contributed by atoms with E-state index in [4.69, 9.17) is 11.6 Å². The van der Waals surface area contributed by atoms with Gasteiger partial charge in [-0.25, -0.2) is 8.42 Å². The molecule has 0 aliphatic heterocycles. The van der Waals surface area contributed by atoms with E-state index in [0.29, 0.717) is 16.4 Å².